The molecule has 0 saturated heterocycles. The summed E-state index contributed by atoms with van der Waals surface area (Å²) in [7, 11) is 3.34. The highest BCUT2D eigenvalue weighted by molar-refractivity contribution is 6.01. The number of rotatable bonds is 13. The van der Waals surface area contributed by atoms with Crippen molar-refractivity contribution >= 4 is 17.3 Å². The van der Waals surface area contributed by atoms with Crippen molar-refractivity contribution in [3.63, 3.8) is 0 Å². The quantitative estimate of drug-likeness (QED) is 0.394. The van der Waals surface area contributed by atoms with E-state index in [0.717, 1.165) is 29.1 Å². The Kier molecular flexibility index (Phi) is 10.7. The molecule has 0 saturated carbocycles. The Hall–Kier alpha value is -3.19. The Morgan fingerprint density at radius 1 is 0.971 bits per heavy atom. The molecule has 186 valence electrons. The van der Waals surface area contributed by atoms with Crippen LogP contribution in [0.25, 0.3) is 0 Å². The van der Waals surface area contributed by atoms with Crippen LogP contribution in [0.4, 0.5) is 11.4 Å². The number of benzene rings is 2. The van der Waals surface area contributed by atoms with Crippen LogP contribution in [-0.4, -0.2) is 44.7 Å². The summed E-state index contributed by atoms with van der Waals surface area (Å²) in [6, 6.07) is 9.83. The number of amides is 1. The van der Waals surface area contributed by atoms with Gasteiger partial charge in [0.05, 0.1) is 25.0 Å². The zero-order chi connectivity index (χ0) is 25.1. The topological polar surface area (TPSA) is 72.1 Å². The molecule has 7 heteroatoms. The van der Waals surface area contributed by atoms with Gasteiger partial charge >= 0.3 is 0 Å². The first-order valence-corrected chi connectivity index (χ1v) is 11.8. The van der Waals surface area contributed by atoms with Crippen LogP contribution in [0.3, 0.4) is 0 Å². The lowest BCUT2D eigenvalue weighted by molar-refractivity contribution is 0.0837. The van der Waals surface area contributed by atoms with Gasteiger partial charge in [-0.25, -0.2) is 0 Å². The number of carbonyl (C=O) groups excluding carboxylic acids is 1. The lowest BCUT2D eigenvalue weighted by Gasteiger charge is -2.22. The lowest BCUT2D eigenvalue weighted by Crippen LogP contribution is -2.26. The molecule has 34 heavy (non-hydrogen) atoms. The average Bonchev–Trinajstić information content (AvgIpc) is 2.85. The van der Waals surface area contributed by atoms with E-state index in [2.05, 4.69) is 35.8 Å². The summed E-state index contributed by atoms with van der Waals surface area (Å²) in [5.74, 6) is 0.963. The molecule has 2 aromatic carbocycles. The molecule has 2 rings (SSSR count). The fourth-order valence-corrected chi connectivity index (χ4v) is 3.50. The SMILES string of the molecule is C/C=C(\C)N(C)C(=O)c1cc(OC)c(OCc2cc(COCC)cc(NCC)c2)cc1NCC. The second kappa shape index (κ2) is 13.5. The van der Waals surface area contributed by atoms with Gasteiger partial charge in [0.2, 0.25) is 0 Å². The maximum absolute atomic E-state index is 13.2. The van der Waals surface area contributed by atoms with Crippen molar-refractivity contribution in [1.82, 2.24) is 4.90 Å². The van der Waals surface area contributed by atoms with Crippen LogP contribution >= 0.6 is 0 Å². The van der Waals surface area contributed by atoms with E-state index in [1.807, 2.05) is 39.8 Å². The van der Waals surface area contributed by atoms with Crippen LogP contribution in [0.2, 0.25) is 0 Å². The van der Waals surface area contributed by atoms with Crippen LogP contribution in [0.5, 0.6) is 11.5 Å². The predicted octanol–water partition coefficient (Wildman–Crippen LogP) is 5.67. The van der Waals surface area contributed by atoms with Crippen LogP contribution < -0.4 is 20.1 Å². The third-order valence-corrected chi connectivity index (χ3v) is 5.45. The lowest BCUT2D eigenvalue weighted by atomic mass is 10.1. The van der Waals surface area contributed by atoms with Crippen molar-refractivity contribution in [3.05, 3.63) is 58.8 Å². The van der Waals surface area contributed by atoms with Gasteiger partial charge in [-0.05, 0) is 70.0 Å². The molecule has 2 aromatic rings. The Morgan fingerprint density at radius 3 is 2.24 bits per heavy atom. The molecule has 0 unspecified atom stereocenters. The summed E-state index contributed by atoms with van der Waals surface area (Å²) in [6.45, 7) is 12.9. The fourth-order valence-electron chi connectivity index (χ4n) is 3.50. The van der Waals surface area contributed by atoms with E-state index in [1.165, 1.54) is 0 Å². The Labute approximate surface area is 204 Å². The Bertz CT molecular complexity index is 988. The van der Waals surface area contributed by atoms with E-state index in [-0.39, 0.29) is 5.91 Å². The van der Waals surface area contributed by atoms with E-state index in [0.29, 0.717) is 49.1 Å². The maximum atomic E-state index is 13.2. The average molecular weight is 470 g/mol. The van der Waals surface area contributed by atoms with Gasteiger partial charge in [-0.3, -0.25) is 4.79 Å². The highest BCUT2D eigenvalue weighted by Gasteiger charge is 2.21. The Balaban J connectivity index is 2.36. The first kappa shape index (κ1) is 27.1. The molecule has 0 aliphatic carbocycles. The summed E-state index contributed by atoms with van der Waals surface area (Å²) in [5.41, 5.74) is 5.24. The van der Waals surface area contributed by atoms with Gasteiger partial charge in [-0.1, -0.05) is 6.08 Å². The van der Waals surface area contributed by atoms with Crippen LogP contribution in [0.15, 0.2) is 42.1 Å². The molecular formula is C27H39N3O4. The summed E-state index contributed by atoms with van der Waals surface area (Å²) in [6.07, 6.45) is 1.90. The number of hydrogen-bond donors (Lipinski definition) is 2. The normalized spacial score (nSPS) is 11.2. The van der Waals surface area contributed by atoms with Gasteiger partial charge in [-0.15, -0.1) is 0 Å². The Morgan fingerprint density at radius 2 is 1.65 bits per heavy atom. The smallest absolute Gasteiger partial charge is 0.259 e. The summed E-state index contributed by atoms with van der Waals surface area (Å²) in [5, 5.41) is 6.65. The standard InChI is InChI=1S/C27H39N3O4/c1-8-19(5)30(6)27(31)23-15-25(32-7)26(16-24(23)29-10-3)34-18-21-12-20(17-33-11-4)13-22(14-21)28-9-2/h8,12-16,28-29H,9-11,17-18H2,1-7H3/b19-8+. The summed E-state index contributed by atoms with van der Waals surface area (Å²) < 4.78 is 17.4. The van der Waals surface area contributed by atoms with Gasteiger partial charge in [0.25, 0.3) is 5.91 Å². The van der Waals surface area contributed by atoms with Crippen molar-refractivity contribution in [2.75, 3.05) is 44.5 Å². The van der Waals surface area contributed by atoms with Gasteiger partial charge < -0.3 is 29.7 Å². The molecule has 0 aliphatic heterocycles. The zero-order valence-corrected chi connectivity index (χ0v) is 21.6. The number of methoxy groups -OCH3 is 1. The van der Waals surface area contributed by atoms with E-state index in [1.54, 1.807) is 25.1 Å². The summed E-state index contributed by atoms with van der Waals surface area (Å²) in [4.78, 5) is 14.8. The second-order valence-electron chi connectivity index (χ2n) is 7.87. The number of nitrogens with zero attached hydrogens (tertiary/aromatic N) is 1. The molecule has 0 aliphatic rings. The molecule has 0 radical (unpaired) electrons. The molecule has 0 fully saturated rings. The fraction of sp³-hybridized carbons (Fsp3) is 0.444. The maximum Gasteiger partial charge on any atom is 0.259 e. The third kappa shape index (κ3) is 7.15. The first-order chi connectivity index (χ1) is 16.4. The van der Waals surface area contributed by atoms with Crippen molar-refractivity contribution in [2.24, 2.45) is 0 Å². The molecule has 2 N–H and O–H groups in total. The van der Waals surface area contributed by atoms with Crippen LogP contribution in [-0.2, 0) is 18.0 Å². The van der Waals surface area contributed by atoms with Gasteiger partial charge in [0.1, 0.15) is 6.61 Å². The molecule has 1 amide bonds. The number of ether oxygens (including phenoxy) is 3. The number of anilines is 2. The minimum absolute atomic E-state index is 0.115. The van der Waals surface area contributed by atoms with Gasteiger partial charge in [-0.2, -0.15) is 0 Å². The number of allylic oxidation sites excluding steroid dienone is 2. The van der Waals surface area contributed by atoms with Crippen molar-refractivity contribution < 1.29 is 19.0 Å². The number of nitrogens with one attached hydrogen (secondary N) is 2. The van der Waals surface area contributed by atoms with E-state index >= 15 is 0 Å². The second-order valence-corrected chi connectivity index (χ2v) is 7.87. The molecular weight excluding hydrogens is 430 g/mol. The first-order valence-electron chi connectivity index (χ1n) is 11.8. The highest BCUT2D eigenvalue weighted by Crippen LogP contribution is 2.35. The van der Waals surface area contributed by atoms with Gasteiger partial charge in [0, 0.05) is 44.2 Å². The van der Waals surface area contributed by atoms with E-state index in [4.69, 9.17) is 14.2 Å². The zero-order valence-electron chi connectivity index (χ0n) is 21.6. The minimum atomic E-state index is -0.115. The molecule has 0 atom stereocenters. The molecule has 0 spiro atoms. The van der Waals surface area contributed by atoms with E-state index in [9.17, 15) is 4.79 Å². The predicted molar refractivity (Wildman–Crippen MR) is 139 cm³/mol. The molecule has 0 heterocycles. The highest BCUT2D eigenvalue weighted by atomic mass is 16.5. The number of carbonyl (C=O) groups is 1. The molecule has 0 aromatic heterocycles. The largest absolute Gasteiger partial charge is 0.493 e. The number of hydrogen-bond acceptors (Lipinski definition) is 6. The molecule has 0 bridgehead atoms. The van der Waals surface area contributed by atoms with Gasteiger partial charge in [0.15, 0.2) is 11.5 Å². The monoisotopic (exact) mass is 469 g/mol. The third-order valence-electron chi connectivity index (χ3n) is 5.45. The van der Waals surface area contributed by atoms with Crippen molar-refractivity contribution in [2.45, 2.75) is 47.8 Å². The minimum Gasteiger partial charge on any atom is -0.493 e. The van der Waals surface area contributed by atoms with Crippen molar-refractivity contribution in [3.8, 4) is 11.5 Å². The molecule has 7 nitrogen and oxygen atoms in total. The van der Waals surface area contributed by atoms with Crippen LogP contribution in [0, 0.1) is 0 Å². The van der Waals surface area contributed by atoms with Crippen LogP contribution in [0.1, 0.15) is 56.1 Å². The van der Waals surface area contributed by atoms with E-state index < -0.39 is 0 Å². The van der Waals surface area contributed by atoms with Crippen molar-refractivity contribution in [1.29, 1.82) is 0 Å². The summed E-state index contributed by atoms with van der Waals surface area (Å²) >= 11 is 0.